The molecule has 3 aromatic rings. The second-order valence-electron chi connectivity index (χ2n) is 11.7. The van der Waals surface area contributed by atoms with Crippen LogP contribution in [0.15, 0.2) is 42.4 Å². The summed E-state index contributed by atoms with van der Waals surface area (Å²) in [7, 11) is 7.60. The number of ether oxygens (including phenoxy) is 1. The van der Waals surface area contributed by atoms with Crippen molar-refractivity contribution in [1.29, 1.82) is 0 Å². The van der Waals surface area contributed by atoms with Crippen LogP contribution in [0.4, 0.5) is 16.2 Å². The topological polar surface area (TPSA) is 115 Å². The molecule has 3 aliphatic heterocycles. The summed E-state index contributed by atoms with van der Waals surface area (Å²) in [5.41, 5.74) is 6.43. The van der Waals surface area contributed by atoms with Gasteiger partial charge in [-0.25, -0.2) is 14.8 Å². The number of hydrazine groups is 1. The summed E-state index contributed by atoms with van der Waals surface area (Å²) < 4.78 is 7.95. The number of ketones is 1. The Labute approximate surface area is 250 Å². The minimum atomic E-state index is -0.350. The Kier molecular flexibility index (Phi) is 7.80. The third-order valence-electron chi connectivity index (χ3n) is 8.47. The van der Waals surface area contributed by atoms with E-state index in [0.717, 1.165) is 74.4 Å². The van der Waals surface area contributed by atoms with Gasteiger partial charge in [-0.2, -0.15) is 0 Å². The van der Waals surface area contributed by atoms with Gasteiger partial charge in [0, 0.05) is 101 Å². The van der Waals surface area contributed by atoms with Gasteiger partial charge in [-0.15, -0.1) is 0 Å². The Hall–Kier alpha value is -4.42. The molecule has 0 spiro atoms. The summed E-state index contributed by atoms with van der Waals surface area (Å²) in [4.78, 5) is 49.3. The molecule has 12 heteroatoms. The van der Waals surface area contributed by atoms with Crippen molar-refractivity contribution in [2.75, 3.05) is 70.6 Å². The van der Waals surface area contributed by atoms with Crippen molar-refractivity contribution in [3.8, 4) is 5.75 Å². The van der Waals surface area contributed by atoms with E-state index < -0.39 is 0 Å². The number of piperazine rings is 1. The molecule has 2 saturated heterocycles. The number of carbonyl (C=O) groups excluding carboxylic acids is 3. The zero-order chi connectivity index (χ0) is 30.2. The van der Waals surface area contributed by atoms with Crippen molar-refractivity contribution in [3.05, 3.63) is 53.5 Å². The highest BCUT2D eigenvalue weighted by Crippen LogP contribution is 2.37. The summed E-state index contributed by atoms with van der Waals surface area (Å²) >= 11 is 0. The number of benzene rings is 1. The zero-order valence-corrected chi connectivity index (χ0v) is 25.1. The van der Waals surface area contributed by atoms with Crippen LogP contribution in [0.2, 0.25) is 0 Å². The summed E-state index contributed by atoms with van der Waals surface area (Å²) in [6.45, 7) is 4.76. The second-order valence-corrected chi connectivity index (χ2v) is 11.7. The van der Waals surface area contributed by atoms with Crippen molar-refractivity contribution in [2.45, 2.75) is 12.8 Å². The van der Waals surface area contributed by atoms with Gasteiger partial charge in [0.15, 0.2) is 5.76 Å². The number of piperidine rings is 1. The van der Waals surface area contributed by atoms with Crippen LogP contribution in [0.5, 0.6) is 5.75 Å². The number of aryl methyl sites for hydroxylation is 1. The lowest BCUT2D eigenvalue weighted by Crippen LogP contribution is -2.53. The quantitative estimate of drug-likeness (QED) is 0.439. The fourth-order valence-corrected chi connectivity index (χ4v) is 6.05. The van der Waals surface area contributed by atoms with Gasteiger partial charge in [0.1, 0.15) is 11.4 Å². The zero-order valence-electron chi connectivity index (χ0n) is 25.1. The van der Waals surface area contributed by atoms with E-state index >= 15 is 0 Å². The molecule has 3 aliphatic rings. The molecule has 3 amide bonds. The van der Waals surface area contributed by atoms with Crippen LogP contribution in [-0.4, -0.2) is 102 Å². The molecule has 2 aromatic heterocycles. The largest absolute Gasteiger partial charge is 0.452 e. The van der Waals surface area contributed by atoms with Gasteiger partial charge in [0.05, 0.1) is 5.56 Å². The number of anilines is 2. The van der Waals surface area contributed by atoms with Gasteiger partial charge in [0.2, 0.25) is 11.7 Å². The predicted molar refractivity (Wildman–Crippen MR) is 165 cm³/mol. The standard InChI is InChI=1S/C31H38N8O4/c1-35(2)30(41)20-8-11-38(12-9-20)24-7-10-32-29-27(24)21(19-37(29)4)17-26-28(40)23-18-22(5-6-25(23)43-26)33-31(42)34-39-15-13-36(3)14-16-39/h5-7,10,17-20H,8-9,11-16H2,1-4H3,(H2,33,34,42)/b26-17-. The number of amides is 3. The number of nitrogens with one attached hydrogen (secondary N) is 2. The van der Waals surface area contributed by atoms with Crippen molar-refractivity contribution in [2.24, 2.45) is 13.0 Å². The number of hydrogen-bond acceptors (Lipinski definition) is 8. The van der Waals surface area contributed by atoms with Gasteiger partial charge >= 0.3 is 6.03 Å². The first kappa shape index (κ1) is 28.7. The molecule has 0 radical (unpaired) electrons. The fraction of sp³-hybridized carbons (Fsp3) is 0.419. The minimum Gasteiger partial charge on any atom is -0.452 e. The third kappa shape index (κ3) is 5.80. The number of allylic oxidation sites excluding steroid dienone is 1. The number of urea groups is 1. The number of nitrogens with zero attached hydrogens (tertiary/aromatic N) is 6. The van der Waals surface area contributed by atoms with E-state index in [4.69, 9.17) is 4.74 Å². The Morgan fingerprint density at radius 2 is 1.79 bits per heavy atom. The Morgan fingerprint density at radius 1 is 1.05 bits per heavy atom. The lowest BCUT2D eigenvalue weighted by molar-refractivity contribution is -0.133. The maximum Gasteiger partial charge on any atom is 0.333 e. The lowest BCUT2D eigenvalue weighted by atomic mass is 9.95. The van der Waals surface area contributed by atoms with E-state index in [1.165, 1.54) is 0 Å². The Balaban J connectivity index is 1.20. The van der Waals surface area contributed by atoms with Crippen molar-refractivity contribution >= 4 is 46.2 Å². The first-order valence-electron chi connectivity index (χ1n) is 14.7. The molecule has 5 heterocycles. The lowest BCUT2D eigenvalue weighted by Gasteiger charge is -2.34. The van der Waals surface area contributed by atoms with Crippen molar-refractivity contribution in [1.82, 2.24) is 29.8 Å². The van der Waals surface area contributed by atoms with E-state index in [-0.39, 0.29) is 29.4 Å². The third-order valence-corrected chi connectivity index (χ3v) is 8.47. The highest BCUT2D eigenvalue weighted by atomic mass is 16.5. The fourth-order valence-electron chi connectivity index (χ4n) is 6.05. The van der Waals surface area contributed by atoms with Crippen molar-refractivity contribution < 1.29 is 19.1 Å². The molecule has 0 saturated carbocycles. The molecule has 43 heavy (non-hydrogen) atoms. The minimum absolute atomic E-state index is 0.0289. The number of pyridine rings is 1. The molecular weight excluding hydrogens is 548 g/mol. The van der Waals surface area contributed by atoms with Gasteiger partial charge < -0.3 is 29.3 Å². The van der Waals surface area contributed by atoms with Crippen molar-refractivity contribution in [3.63, 3.8) is 0 Å². The number of fused-ring (bicyclic) bond motifs is 2. The van der Waals surface area contributed by atoms with E-state index in [9.17, 15) is 14.4 Å². The number of Topliss-reactive ketones (excluding diaryl/α,β-unsaturated/α-hetero) is 1. The van der Waals surface area contributed by atoms with E-state index in [2.05, 4.69) is 32.6 Å². The van der Waals surface area contributed by atoms with Crippen LogP contribution < -0.4 is 20.4 Å². The maximum atomic E-state index is 13.5. The van der Waals surface area contributed by atoms with Crippen LogP contribution in [0.3, 0.4) is 0 Å². The Bertz CT molecular complexity index is 1600. The van der Waals surface area contributed by atoms with Crippen LogP contribution in [-0.2, 0) is 11.8 Å². The molecule has 12 nitrogen and oxygen atoms in total. The summed E-state index contributed by atoms with van der Waals surface area (Å²) in [5, 5.41) is 5.65. The number of likely N-dealkylation sites (N-methyl/N-ethyl adjacent to an activating group) is 1. The monoisotopic (exact) mass is 586 g/mol. The normalized spacial score (nSPS) is 19.0. The second kappa shape index (κ2) is 11.7. The molecule has 0 bridgehead atoms. The summed E-state index contributed by atoms with van der Waals surface area (Å²) in [6.07, 6.45) is 7.08. The SMILES string of the molecule is CN1CCN(NC(=O)Nc2ccc3c(c2)C(=O)/C(=C/c2cn(C)c4nccc(N5CCC(C(=O)N(C)C)CC5)c24)O3)CC1. The molecule has 6 rings (SSSR count). The average Bonchev–Trinajstić information content (AvgIpc) is 3.49. The highest BCUT2D eigenvalue weighted by Gasteiger charge is 2.30. The average molecular weight is 587 g/mol. The maximum absolute atomic E-state index is 13.5. The van der Waals surface area contributed by atoms with E-state index in [0.29, 0.717) is 17.0 Å². The van der Waals surface area contributed by atoms with Gasteiger partial charge in [-0.3, -0.25) is 15.0 Å². The van der Waals surface area contributed by atoms with Crippen LogP contribution in [0.1, 0.15) is 28.8 Å². The van der Waals surface area contributed by atoms with E-state index in [1.807, 2.05) is 28.9 Å². The van der Waals surface area contributed by atoms with Crippen LogP contribution >= 0.6 is 0 Å². The van der Waals surface area contributed by atoms with E-state index in [1.54, 1.807) is 49.5 Å². The molecule has 2 fully saturated rings. The molecule has 0 unspecified atom stereocenters. The molecule has 226 valence electrons. The smallest absolute Gasteiger partial charge is 0.333 e. The van der Waals surface area contributed by atoms with Gasteiger partial charge in [-0.1, -0.05) is 0 Å². The predicted octanol–water partition coefficient (Wildman–Crippen LogP) is 2.78. The molecular formula is C31H38N8O4. The summed E-state index contributed by atoms with van der Waals surface area (Å²) in [6, 6.07) is 6.72. The number of hydrogen-bond donors (Lipinski definition) is 2. The Morgan fingerprint density at radius 3 is 2.51 bits per heavy atom. The number of aromatic nitrogens is 2. The highest BCUT2D eigenvalue weighted by molar-refractivity contribution is 6.16. The molecule has 0 atom stereocenters. The van der Waals surface area contributed by atoms with Gasteiger partial charge in [-0.05, 0) is 50.2 Å². The first-order valence-corrected chi connectivity index (χ1v) is 14.7. The van der Waals surface area contributed by atoms with Gasteiger partial charge in [0.25, 0.3) is 0 Å². The molecule has 0 aliphatic carbocycles. The molecule has 2 N–H and O–H groups in total. The summed E-state index contributed by atoms with van der Waals surface area (Å²) in [5.74, 6) is 0.624. The first-order chi connectivity index (χ1) is 20.7. The number of rotatable bonds is 5. The number of carbonyl (C=O) groups is 3. The molecule has 1 aromatic carbocycles. The van der Waals surface area contributed by atoms with Crippen LogP contribution in [0.25, 0.3) is 17.1 Å². The van der Waals surface area contributed by atoms with Crippen LogP contribution in [0, 0.1) is 5.92 Å².